The van der Waals surface area contributed by atoms with E-state index in [1.807, 2.05) is 48.7 Å². The van der Waals surface area contributed by atoms with Crippen LogP contribution in [0.1, 0.15) is 27.2 Å². The van der Waals surface area contributed by atoms with E-state index >= 15 is 0 Å². The molecule has 31 heavy (non-hydrogen) atoms. The van der Waals surface area contributed by atoms with Crippen LogP contribution in [0.25, 0.3) is 10.9 Å². The second kappa shape index (κ2) is 8.14. The summed E-state index contributed by atoms with van der Waals surface area (Å²) in [5.74, 6) is -0.165. The average Bonchev–Trinajstić information content (AvgIpc) is 3.48. The topological polar surface area (TPSA) is 78.3 Å². The third kappa shape index (κ3) is 3.72. The van der Waals surface area contributed by atoms with Crippen molar-refractivity contribution < 1.29 is 14.0 Å². The lowest BCUT2D eigenvalue weighted by atomic mass is 9.93. The van der Waals surface area contributed by atoms with Gasteiger partial charge in [-0.05, 0) is 41.3 Å². The molecule has 0 aliphatic carbocycles. The summed E-state index contributed by atoms with van der Waals surface area (Å²) in [5.41, 5.74) is 4.41. The van der Waals surface area contributed by atoms with Gasteiger partial charge in [0.2, 0.25) is 5.91 Å². The molecule has 5 rings (SSSR count). The number of hydrogen-bond donors (Lipinski definition) is 2. The Hall–Kier alpha value is -3.80. The van der Waals surface area contributed by atoms with Crippen LogP contribution in [-0.4, -0.2) is 34.3 Å². The van der Waals surface area contributed by atoms with E-state index < -0.39 is 6.04 Å². The van der Waals surface area contributed by atoms with Crippen LogP contribution in [-0.2, 0) is 24.2 Å². The van der Waals surface area contributed by atoms with E-state index in [1.54, 1.807) is 17.0 Å². The van der Waals surface area contributed by atoms with Crippen molar-refractivity contribution in [2.45, 2.75) is 25.4 Å². The number of aromatic nitrogens is 1. The molecule has 0 saturated carbocycles. The van der Waals surface area contributed by atoms with Gasteiger partial charge in [0.05, 0.1) is 6.26 Å². The monoisotopic (exact) mass is 413 g/mol. The minimum absolute atomic E-state index is 0.144. The van der Waals surface area contributed by atoms with Crippen molar-refractivity contribution in [3.63, 3.8) is 0 Å². The number of furan rings is 1. The van der Waals surface area contributed by atoms with Gasteiger partial charge in [-0.3, -0.25) is 9.59 Å². The van der Waals surface area contributed by atoms with E-state index in [1.165, 1.54) is 6.26 Å². The van der Waals surface area contributed by atoms with Crippen molar-refractivity contribution in [2.75, 3.05) is 6.54 Å². The molecular weight excluding hydrogens is 390 g/mol. The lowest BCUT2D eigenvalue weighted by molar-refractivity contribution is -0.126. The van der Waals surface area contributed by atoms with Gasteiger partial charge in [-0.25, -0.2) is 0 Å². The highest BCUT2D eigenvalue weighted by Crippen LogP contribution is 2.25. The maximum Gasteiger partial charge on any atom is 0.290 e. The maximum absolute atomic E-state index is 13.1. The molecular formula is C25H23N3O3. The summed E-state index contributed by atoms with van der Waals surface area (Å²) < 4.78 is 5.31. The van der Waals surface area contributed by atoms with Crippen molar-refractivity contribution in [1.82, 2.24) is 15.2 Å². The highest BCUT2D eigenvalue weighted by molar-refractivity contribution is 5.96. The van der Waals surface area contributed by atoms with Gasteiger partial charge in [0.1, 0.15) is 6.04 Å². The predicted octanol–water partition coefficient (Wildman–Crippen LogP) is 3.69. The summed E-state index contributed by atoms with van der Waals surface area (Å²) in [6.45, 7) is 0.887. The zero-order valence-corrected chi connectivity index (χ0v) is 17.0. The van der Waals surface area contributed by atoms with Gasteiger partial charge in [0.25, 0.3) is 5.91 Å². The number of nitrogens with one attached hydrogen (secondary N) is 2. The van der Waals surface area contributed by atoms with Gasteiger partial charge in [-0.2, -0.15) is 0 Å². The largest absolute Gasteiger partial charge is 0.459 e. The van der Waals surface area contributed by atoms with Gasteiger partial charge in [0, 0.05) is 36.6 Å². The van der Waals surface area contributed by atoms with Crippen LogP contribution in [0.3, 0.4) is 0 Å². The summed E-state index contributed by atoms with van der Waals surface area (Å²) in [6.07, 6.45) is 4.66. The Bertz CT molecular complexity index is 1230. The number of hydrogen-bond acceptors (Lipinski definition) is 3. The van der Waals surface area contributed by atoms with E-state index in [2.05, 4.69) is 16.4 Å². The van der Waals surface area contributed by atoms with Crippen molar-refractivity contribution in [2.24, 2.45) is 0 Å². The summed E-state index contributed by atoms with van der Waals surface area (Å²) in [6, 6.07) is 18.8. The molecule has 0 saturated heterocycles. The lowest BCUT2D eigenvalue weighted by Crippen LogP contribution is -2.52. The average molecular weight is 413 g/mol. The molecule has 3 heterocycles. The van der Waals surface area contributed by atoms with Crippen molar-refractivity contribution in [1.29, 1.82) is 0 Å². The fraction of sp³-hybridized carbons (Fsp3) is 0.200. The number of rotatable bonds is 5. The summed E-state index contributed by atoms with van der Waals surface area (Å²) in [7, 11) is 0. The normalized spacial score (nSPS) is 15.6. The quantitative estimate of drug-likeness (QED) is 0.524. The number of H-pyrrole nitrogens is 1. The molecule has 2 N–H and O–H groups in total. The van der Waals surface area contributed by atoms with Crippen LogP contribution in [0.2, 0.25) is 0 Å². The Kier molecular flexibility index (Phi) is 5.04. The standard InChI is InChI=1S/C25H23N3O3/c29-24(26-12-11-18-15-27-21-9-4-3-8-20(18)21)22-14-17-6-1-2-7-19(17)16-28(22)25(30)23-10-5-13-31-23/h1-10,13,15,22,27H,11-12,14,16H2,(H,26,29)/t22-/m1/s1. The van der Waals surface area contributed by atoms with Crippen molar-refractivity contribution in [3.05, 3.63) is 95.6 Å². The molecule has 156 valence electrons. The zero-order valence-electron chi connectivity index (χ0n) is 17.0. The Labute approximate surface area is 179 Å². The van der Waals surface area contributed by atoms with Crippen LogP contribution in [0, 0.1) is 0 Å². The molecule has 6 nitrogen and oxygen atoms in total. The Morgan fingerprint density at radius 1 is 1.03 bits per heavy atom. The number of fused-ring (bicyclic) bond motifs is 2. The first kappa shape index (κ1) is 19.2. The minimum Gasteiger partial charge on any atom is -0.459 e. The molecule has 0 spiro atoms. The molecule has 2 aromatic carbocycles. The smallest absolute Gasteiger partial charge is 0.290 e. The molecule has 0 fully saturated rings. The van der Waals surface area contributed by atoms with Gasteiger partial charge in [0.15, 0.2) is 5.76 Å². The lowest BCUT2D eigenvalue weighted by Gasteiger charge is -2.35. The number of benzene rings is 2. The van der Waals surface area contributed by atoms with Crippen LogP contribution in [0.15, 0.2) is 77.5 Å². The highest BCUT2D eigenvalue weighted by Gasteiger charge is 2.35. The fourth-order valence-corrected chi connectivity index (χ4v) is 4.29. The molecule has 1 atom stereocenters. The zero-order chi connectivity index (χ0) is 21.2. The third-order valence-electron chi connectivity index (χ3n) is 5.91. The molecule has 4 aromatic rings. The van der Waals surface area contributed by atoms with Crippen LogP contribution in [0.4, 0.5) is 0 Å². The van der Waals surface area contributed by atoms with Gasteiger partial charge >= 0.3 is 0 Å². The molecule has 2 amide bonds. The number of aromatic amines is 1. The van der Waals surface area contributed by atoms with E-state index in [4.69, 9.17) is 4.42 Å². The summed E-state index contributed by atoms with van der Waals surface area (Å²) in [5, 5.41) is 4.20. The van der Waals surface area contributed by atoms with Gasteiger partial charge in [-0.1, -0.05) is 42.5 Å². The fourth-order valence-electron chi connectivity index (χ4n) is 4.29. The predicted molar refractivity (Wildman–Crippen MR) is 118 cm³/mol. The summed E-state index contributed by atoms with van der Waals surface area (Å²) >= 11 is 0. The summed E-state index contributed by atoms with van der Waals surface area (Å²) in [4.78, 5) is 31.1. The number of amides is 2. The molecule has 1 aliphatic heterocycles. The van der Waals surface area contributed by atoms with E-state index in [0.717, 1.165) is 27.6 Å². The number of nitrogens with zero attached hydrogens (tertiary/aromatic N) is 1. The number of carbonyl (C=O) groups is 2. The van der Waals surface area contributed by atoms with Crippen molar-refractivity contribution >= 4 is 22.7 Å². The number of para-hydroxylation sites is 1. The second-order valence-electron chi connectivity index (χ2n) is 7.80. The van der Waals surface area contributed by atoms with E-state index in [9.17, 15) is 9.59 Å². The van der Waals surface area contributed by atoms with Gasteiger partial charge < -0.3 is 19.6 Å². The third-order valence-corrected chi connectivity index (χ3v) is 5.91. The second-order valence-corrected chi connectivity index (χ2v) is 7.80. The SMILES string of the molecule is O=C(NCCc1c[nH]c2ccccc12)[C@H]1Cc2ccccc2CN1C(=O)c1ccco1. The first-order chi connectivity index (χ1) is 15.2. The van der Waals surface area contributed by atoms with Crippen molar-refractivity contribution in [3.8, 4) is 0 Å². The Morgan fingerprint density at radius 2 is 1.84 bits per heavy atom. The molecule has 0 bridgehead atoms. The molecule has 0 unspecified atom stereocenters. The van der Waals surface area contributed by atoms with Gasteiger partial charge in [-0.15, -0.1) is 0 Å². The Balaban J connectivity index is 1.32. The van der Waals surface area contributed by atoms with Crippen LogP contribution in [0.5, 0.6) is 0 Å². The van der Waals surface area contributed by atoms with E-state index in [0.29, 0.717) is 25.9 Å². The molecule has 1 aliphatic rings. The first-order valence-electron chi connectivity index (χ1n) is 10.4. The molecule has 0 radical (unpaired) electrons. The van der Waals surface area contributed by atoms with Crippen LogP contribution < -0.4 is 5.32 Å². The number of carbonyl (C=O) groups excluding carboxylic acids is 2. The minimum atomic E-state index is -0.574. The first-order valence-corrected chi connectivity index (χ1v) is 10.4. The molecule has 2 aromatic heterocycles. The highest BCUT2D eigenvalue weighted by atomic mass is 16.3. The van der Waals surface area contributed by atoms with E-state index in [-0.39, 0.29) is 17.6 Å². The Morgan fingerprint density at radius 3 is 2.68 bits per heavy atom. The maximum atomic E-state index is 13.1. The van der Waals surface area contributed by atoms with Crippen LogP contribution >= 0.6 is 0 Å². The molecule has 6 heteroatoms.